The average molecular weight is 485 g/mol. The van der Waals surface area contributed by atoms with Crippen molar-refractivity contribution in [1.29, 1.82) is 0 Å². The van der Waals surface area contributed by atoms with E-state index >= 15 is 0 Å². The SMILES string of the molecule is Cc1cc(N2CCc3ncccc3C2)nc(N2CCC(F)(F)CC2)c1NC(=O)c1scnc1C. The first-order valence-electron chi connectivity index (χ1n) is 11.3. The molecular formula is C24H26F2N6OS. The highest BCUT2D eigenvalue weighted by atomic mass is 32.1. The molecule has 1 fully saturated rings. The summed E-state index contributed by atoms with van der Waals surface area (Å²) in [6, 6.07) is 5.96. The Labute approximate surface area is 200 Å². The third-order valence-corrected chi connectivity index (χ3v) is 7.38. The van der Waals surface area contributed by atoms with Crippen LogP contribution in [0.5, 0.6) is 0 Å². The summed E-state index contributed by atoms with van der Waals surface area (Å²) in [4.78, 5) is 31.1. The molecule has 5 rings (SSSR count). The molecule has 1 amide bonds. The minimum absolute atomic E-state index is 0.179. The number of piperidine rings is 1. The molecule has 1 N–H and O–H groups in total. The lowest BCUT2D eigenvalue weighted by molar-refractivity contribution is -0.0221. The maximum absolute atomic E-state index is 13.9. The van der Waals surface area contributed by atoms with Gasteiger partial charge in [-0.2, -0.15) is 0 Å². The Hall–Kier alpha value is -3.14. The van der Waals surface area contributed by atoms with E-state index in [9.17, 15) is 13.6 Å². The fourth-order valence-corrected chi connectivity index (χ4v) is 5.18. The second-order valence-corrected chi connectivity index (χ2v) is 9.70. The minimum Gasteiger partial charge on any atom is -0.354 e. The largest absolute Gasteiger partial charge is 0.354 e. The number of hydrogen-bond acceptors (Lipinski definition) is 7. The van der Waals surface area contributed by atoms with Gasteiger partial charge in [0.05, 0.1) is 16.9 Å². The van der Waals surface area contributed by atoms with Crippen LogP contribution in [0.2, 0.25) is 0 Å². The number of halogens is 2. The van der Waals surface area contributed by atoms with Crippen LogP contribution in [0.1, 0.15) is 45.0 Å². The topological polar surface area (TPSA) is 74.2 Å². The summed E-state index contributed by atoms with van der Waals surface area (Å²) in [6.07, 6.45) is 2.15. The number of hydrogen-bond donors (Lipinski definition) is 1. The number of pyridine rings is 2. The van der Waals surface area contributed by atoms with Gasteiger partial charge in [0, 0.05) is 57.3 Å². The Balaban J connectivity index is 1.49. The van der Waals surface area contributed by atoms with E-state index in [4.69, 9.17) is 4.98 Å². The monoisotopic (exact) mass is 484 g/mol. The molecule has 2 aliphatic rings. The quantitative estimate of drug-likeness (QED) is 0.584. The van der Waals surface area contributed by atoms with Crippen LogP contribution < -0.4 is 15.1 Å². The number of nitrogens with zero attached hydrogens (tertiary/aromatic N) is 5. The highest BCUT2D eigenvalue weighted by Gasteiger charge is 2.36. The molecule has 0 unspecified atom stereocenters. The fraction of sp³-hybridized carbons (Fsp3) is 0.417. The van der Waals surface area contributed by atoms with E-state index in [0.717, 1.165) is 35.6 Å². The maximum atomic E-state index is 13.9. The summed E-state index contributed by atoms with van der Waals surface area (Å²) in [7, 11) is 0. The number of amides is 1. The smallest absolute Gasteiger partial charge is 0.267 e. The van der Waals surface area contributed by atoms with Gasteiger partial charge < -0.3 is 15.1 Å². The number of anilines is 3. The molecule has 10 heteroatoms. The van der Waals surface area contributed by atoms with Crippen molar-refractivity contribution in [2.75, 3.05) is 34.8 Å². The van der Waals surface area contributed by atoms with Gasteiger partial charge in [0.2, 0.25) is 0 Å². The summed E-state index contributed by atoms with van der Waals surface area (Å²) in [5, 5.41) is 3.00. The standard InChI is InChI=1S/C24H26F2N6OS/c1-15-12-19(32-9-5-18-17(13-32)4-3-8-27-18)29-22(31-10-6-24(25,26)7-11-31)20(15)30-23(33)21-16(2)28-14-34-21/h3-4,8,12,14H,5-7,9-11,13H2,1-2H3,(H,30,33). The van der Waals surface area contributed by atoms with Crippen LogP contribution in [-0.4, -0.2) is 46.4 Å². The van der Waals surface area contributed by atoms with Crippen molar-refractivity contribution in [3.05, 3.63) is 57.3 Å². The number of aryl methyl sites for hydroxylation is 2. The van der Waals surface area contributed by atoms with E-state index in [1.165, 1.54) is 11.3 Å². The summed E-state index contributed by atoms with van der Waals surface area (Å²) in [6.45, 7) is 5.51. The first-order chi connectivity index (χ1) is 16.3. The number of rotatable bonds is 4. The van der Waals surface area contributed by atoms with Crippen LogP contribution in [0.15, 0.2) is 29.9 Å². The van der Waals surface area contributed by atoms with Crippen molar-refractivity contribution in [2.45, 2.75) is 45.6 Å². The van der Waals surface area contributed by atoms with Gasteiger partial charge in [0.1, 0.15) is 10.7 Å². The predicted octanol–water partition coefficient (Wildman–Crippen LogP) is 4.60. The van der Waals surface area contributed by atoms with Crippen LogP contribution in [0.3, 0.4) is 0 Å². The molecule has 0 aliphatic carbocycles. The van der Waals surface area contributed by atoms with E-state index in [1.807, 2.05) is 30.2 Å². The number of fused-ring (bicyclic) bond motifs is 1. The van der Waals surface area contributed by atoms with Crippen molar-refractivity contribution in [3.8, 4) is 0 Å². The lowest BCUT2D eigenvalue weighted by atomic mass is 10.0. The lowest BCUT2D eigenvalue weighted by Gasteiger charge is -2.35. The van der Waals surface area contributed by atoms with Gasteiger partial charge in [0.25, 0.3) is 11.8 Å². The average Bonchev–Trinajstić information content (AvgIpc) is 3.26. The molecule has 0 radical (unpaired) electrons. The zero-order valence-corrected chi connectivity index (χ0v) is 20.0. The Morgan fingerprint density at radius 2 is 1.94 bits per heavy atom. The van der Waals surface area contributed by atoms with Crippen LogP contribution >= 0.6 is 11.3 Å². The third kappa shape index (κ3) is 4.46. The zero-order chi connectivity index (χ0) is 23.9. The normalized spacial score (nSPS) is 17.4. The lowest BCUT2D eigenvalue weighted by Crippen LogP contribution is -2.40. The summed E-state index contributed by atoms with van der Waals surface area (Å²) in [5.41, 5.74) is 5.94. The molecule has 0 bridgehead atoms. The van der Waals surface area contributed by atoms with E-state index < -0.39 is 5.92 Å². The van der Waals surface area contributed by atoms with Gasteiger partial charge in [0.15, 0.2) is 5.82 Å². The Bertz CT molecular complexity index is 1220. The number of nitrogens with one attached hydrogen (secondary N) is 1. The predicted molar refractivity (Wildman–Crippen MR) is 129 cm³/mol. The third-order valence-electron chi connectivity index (χ3n) is 6.46. The molecule has 178 valence electrons. The highest BCUT2D eigenvalue weighted by Crippen LogP contribution is 2.37. The minimum atomic E-state index is -2.67. The molecule has 3 aromatic rings. The molecule has 7 nitrogen and oxygen atoms in total. The van der Waals surface area contributed by atoms with Gasteiger partial charge in [-0.25, -0.2) is 18.7 Å². The molecule has 2 aliphatic heterocycles. The maximum Gasteiger partial charge on any atom is 0.267 e. The van der Waals surface area contributed by atoms with E-state index in [2.05, 4.69) is 26.3 Å². The number of thiazole rings is 1. The van der Waals surface area contributed by atoms with Crippen molar-refractivity contribution >= 4 is 34.6 Å². The highest BCUT2D eigenvalue weighted by molar-refractivity contribution is 7.12. The number of carbonyl (C=O) groups is 1. The second-order valence-electron chi connectivity index (χ2n) is 8.84. The molecule has 0 aromatic carbocycles. The summed E-state index contributed by atoms with van der Waals surface area (Å²) >= 11 is 1.27. The molecule has 0 spiro atoms. The van der Waals surface area contributed by atoms with Crippen molar-refractivity contribution < 1.29 is 13.6 Å². The molecular weight excluding hydrogens is 458 g/mol. The van der Waals surface area contributed by atoms with Gasteiger partial charge in [-0.1, -0.05) is 6.07 Å². The van der Waals surface area contributed by atoms with Gasteiger partial charge in [-0.15, -0.1) is 11.3 Å². The molecule has 1 saturated heterocycles. The van der Waals surface area contributed by atoms with E-state index in [-0.39, 0.29) is 31.8 Å². The molecule has 34 heavy (non-hydrogen) atoms. The Morgan fingerprint density at radius 1 is 1.15 bits per heavy atom. The van der Waals surface area contributed by atoms with Gasteiger partial charge >= 0.3 is 0 Å². The number of aromatic nitrogens is 3. The van der Waals surface area contributed by atoms with Gasteiger partial charge in [-0.05, 0) is 37.1 Å². The van der Waals surface area contributed by atoms with E-state index in [1.54, 1.807) is 12.4 Å². The first-order valence-corrected chi connectivity index (χ1v) is 12.2. The van der Waals surface area contributed by atoms with Crippen LogP contribution in [-0.2, 0) is 13.0 Å². The fourth-order valence-electron chi connectivity index (χ4n) is 4.48. The Kier molecular flexibility index (Phi) is 5.93. The first kappa shape index (κ1) is 22.6. The number of alkyl halides is 2. The van der Waals surface area contributed by atoms with Crippen LogP contribution in [0.4, 0.5) is 26.1 Å². The van der Waals surface area contributed by atoms with Crippen molar-refractivity contribution in [2.24, 2.45) is 0 Å². The molecule has 0 saturated carbocycles. The van der Waals surface area contributed by atoms with Crippen molar-refractivity contribution in [1.82, 2.24) is 15.0 Å². The van der Waals surface area contributed by atoms with Crippen molar-refractivity contribution in [3.63, 3.8) is 0 Å². The summed E-state index contributed by atoms with van der Waals surface area (Å²) in [5.74, 6) is -1.63. The number of carbonyl (C=O) groups excluding carboxylic acids is 1. The summed E-state index contributed by atoms with van der Waals surface area (Å²) < 4.78 is 27.8. The zero-order valence-electron chi connectivity index (χ0n) is 19.1. The van der Waals surface area contributed by atoms with E-state index in [0.29, 0.717) is 28.6 Å². The van der Waals surface area contributed by atoms with Crippen LogP contribution in [0, 0.1) is 13.8 Å². The molecule has 5 heterocycles. The Morgan fingerprint density at radius 3 is 2.68 bits per heavy atom. The van der Waals surface area contributed by atoms with Gasteiger partial charge in [-0.3, -0.25) is 9.78 Å². The molecule has 3 aromatic heterocycles. The molecule has 0 atom stereocenters. The van der Waals surface area contributed by atoms with Crippen LogP contribution in [0.25, 0.3) is 0 Å². The second kappa shape index (κ2) is 8.90.